The Morgan fingerprint density at radius 3 is 1.43 bits per heavy atom. The van der Waals surface area contributed by atoms with Crippen LogP contribution in [0.25, 0.3) is 0 Å². The fraction of sp³-hybridized carbons (Fsp3) is 0.209. The van der Waals surface area contributed by atoms with Crippen molar-refractivity contribution >= 4 is 51.6 Å². The molecule has 0 saturated heterocycles. The van der Waals surface area contributed by atoms with Gasteiger partial charge in [-0.2, -0.15) is 0 Å². The highest BCUT2D eigenvalue weighted by molar-refractivity contribution is 5.98. The first-order chi connectivity index (χ1) is 25.9. The molecular weight excluding hydrogens is 681 g/mol. The lowest BCUT2D eigenvalue weighted by Gasteiger charge is -2.18. The molecule has 0 aliphatic carbocycles. The average Bonchev–Trinajstić information content (AvgIpc) is 3.16. The maximum Gasteiger partial charge on any atom is 0.187 e. The zero-order chi connectivity index (χ0) is 39.0. The zero-order valence-electron chi connectivity index (χ0n) is 30.4. The van der Waals surface area contributed by atoms with Gasteiger partial charge in [0.1, 0.15) is 18.1 Å². The van der Waals surface area contributed by atoms with E-state index < -0.39 is 6.04 Å². The molecule has 11 N–H and O–H groups in total. The third-order valence-corrected chi connectivity index (χ3v) is 8.80. The SMILES string of the molecule is CC(=O)C(CCC(=O)c1ccc(N)cc1)Cc1ccc(N)cc1.Nc1ccc(CC(NCC(=O)c2ccc(N)cc2)C(=O)COc2ccc(N)cc2)cc1. The van der Waals surface area contributed by atoms with Gasteiger partial charge >= 0.3 is 0 Å². The Bertz CT molecular complexity index is 1980. The number of rotatable bonds is 17. The van der Waals surface area contributed by atoms with Gasteiger partial charge in [0.15, 0.2) is 17.3 Å². The van der Waals surface area contributed by atoms with Crippen LogP contribution in [0.1, 0.15) is 51.6 Å². The number of ketones is 4. The molecular formula is C43H48N6O5. The van der Waals surface area contributed by atoms with Crippen LogP contribution < -0.4 is 38.7 Å². The monoisotopic (exact) mass is 728 g/mol. The number of carbonyl (C=O) groups is 4. The third kappa shape index (κ3) is 13.3. The molecule has 11 heteroatoms. The summed E-state index contributed by atoms with van der Waals surface area (Å²) < 4.78 is 5.60. The van der Waals surface area contributed by atoms with E-state index in [9.17, 15) is 19.2 Å². The summed E-state index contributed by atoms with van der Waals surface area (Å²) >= 11 is 0. The molecule has 0 radical (unpaired) electrons. The van der Waals surface area contributed by atoms with Crippen LogP contribution in [-0.2, 0) is 22.4 Å². The van der Waals surface area contributed by atoms with Crippen molar-refractivity contribution in [2.24, 2.45) is 5.92 Å². The summed E-state index contributed by atoms with van der Waals surface area (Å²) in [7, 11) is 0. The van der Waals surface area contributed by atoms with Crippen molar-refractivity contribution in [1.29, 1.82) is 0 Å². The minimum Gasteiger partial charge on any atom is -0.486 e. The van der Waals surface area contributed by atoms with E-state index in [1.807, 2.05) is 36.4 Å². The minimum atomic E-state index is -0.602. The van der Waals surface area contributed by atoms with Crippen molar-refractivity contribution in [3.8, 4) is 5.75 Å². The quantitative estimate of drug-likeness (QED) is 0.0502. The molecule has 5 rings (SSSR count). The van der Waals surface area contributed by atoms with Crippen LogP contribution in [0, 0.1) is 5.92 Å². The van der Waals surface area contributed by atoms with Crippen LogP contribution in [0.4, 0.5) is 28.4 Å². The van der Waals surface area contributed by atoms with Crippen LogP contribution >= 0.6 is 0 Å². The Kier molecular flexibility index (Phi) is 14.9. The molecule has 0 heterocycles. The number of Topliss-reactive ketones (excluding diaryl/α,β-unsaturated/α-hetero) is 4. The molecule has 5 aromatic carbocycles. The van der Waals surface area contributed by atoms with Gasteiger partial charge in [-0.3, -0.25) is 24.5 Å². The number of hydrogen-bond acceptors (Lipinski definition) is 11. The molecule has 11 nitrogen and oxygen atoms in total. The van der Waals surface area contributed by atoms with E-state index in [2.05, 4.69) is 5.32 Å². The van der Waals surface area contributed by atoms with Crippen molar-refractivity contribution in [1.82, 2.24) is 5.32 Å². The highest BCUT2D eigenvalue weighted by atomic mass is 16.5. The summed E-state index contributed by atoms with van der Waals surface area (Å²) in [5, 5.41) is 3.08. The normalized spacial score (nSPS) is 11.7. The molecule has 0 aliphatic heterocycles. The first-order valence-corrected chi connectivity index (χ1v) is 17.6. The fourth-order valence-corrected chi connectivity index (χ4v) is 5.50. The number of hydrogen-bond donors (Lipinski definition) is 6. The summed E-state index contributed by atoms with van der Waals surface area (Å²) in [6.45, 7) is 1.46. The summed E-state index contributed by atoms with van der Waals surface area (Å²) in [5.74, 6) is 0.233. The minimum absolute atomic E-state index is 0.0111. The molecule has 280 valence electrons. The van der Waals surface area contributed by atoms with Crippen LogP contribution in [0.5, 0.6) is 5.75 Å². The van der Waals surface area contributed by atoms with Crippen molar-refractivity contribution in [2.45, 2.75) is 38.6 Å². The van der Waals surface area contributed by atoms with Crippen molar-refractivity contribution < 1.29 is 23.9 Å². The number of ether oxygens (including phenoxy) is 1. The second-order valence-electron chi connectivity index (χ2n) is 13.1. The zero-order valence-corrected chi connectivity index (χ0v) is 30.4. The van der Waals surface area contributed by atoms with E-state index in [1.54, 1.807) is 91.9 Å². The van der Waals surface area contributed by atoms with Crippen LogP contribution in [-0.4, -0.2) is 42.3 Å². The van der Waals surface area contributed by atoms with E-state index in [-0.39, 0.29) is 42.2 Å². The lowest BCUT2D eigenvalue weighted by molar-refractivity contribution is -0.123. The highest BCUT2D eigenvalue weighted by Gasteiger charge is 2.21. The van der Waals surface area contributed by atoms with Crippen molar-refractivity contribution in [3.63, 3.8) is 0 Å². The molecule has 5 aromatic rings. The van der Waals surface area contributed by atoms with Crippen LogP contribution in [0.2, 0.25) is 0 Å². The van der Waals surface area contributed by atoms with E-state index in [4.69, 9.17) is 33.4 Å². The molecule has 0 aromatic heterocycles. The highest BCUT2D eigenvalue weighted by Crippen LogP contribution is 2.19. The molecule has 0 saturated carbocycles. The van der Waals surface area contributed by atoms with Crippen LogP contribution in [0.15, 0.2) is 121 Å². The topological polar surface area (TPSA) is 220 Å². The van der Waals surface area contributed by atoms with E-state index >= 15 is 0 Å². The lowest BCUT2D eigenvalue weighted by Crippen LogP contribution is -2.43. The van der Waals surface area contributed by atoms with Gasteiger partial charge in [0.05, 0.1) is 12.6 Å². The summed E-state index contributed by atoms with van der Waals surface area (Å²) in [4.78, 5) is 49.5. The van der Waals surface area contributed by atoms with Gasteiger partial charge in [-0.05, 0) is 134 Å². The summed E-state index contributed by atoms with van der Waals surface area (Å²) in [6.07, 6.45) is 1.93. The predicted molar refractivity (Wildman–Crippen MR) is 216 cm³/mol. The standard InChI is InChI=1S/C24H26N4O3.C19H22N2O2/c25-18-5-1-16(2-6-18)13-22(24(30)15-31-21-11-9-20(27)10-12-21)28-14-23(29)17-3-7-19(26)8-4-17;1-13(22)16(12-14-2-7-17(20)8-3-14)6-11-19(23)15-4-9-18(21)10-5-15/h1-12,22,28H,13-15,25-27H2;2-5,7-10,16H,6,11-12,20-21H2,1H3. The molecule has 0 spiro atoms. The van der Waals surface area contributed by atoms with Gasteiger partial charge in [-0.25, -0.2) is 0 Å². The Morgan fingerprint density at radius 2 is 0.963 bits per heavy atom. The number of nitrogens with one attached hydrogen (secondary N) is 1. The molecule has 0 amide bonds. The second-order valence-corrected chi connectivity index (χ2v) is 13.1. The van der Waals surface area contributed by atoms with E-state index in [0.29, 0.717) is 71.0 Å². The first kappa shape index (κ1) is 40.3. The maximum atomic E-state index is 12.9. The molecule has 0 bridgehead atoms. The average molecular weight is 729 g/mol. The molecule has 0 aliphatic rings. The van der Waals surface area contributed by atoms with Gasteiger partial charge in [-0.1, -0.05) is 24.3 Å². The van der Waals surface area contributed by atoms with Gasteiger partial charge in [0.25, 0.3) is 0 Å². The van der Waals surface area contributed by atoms with Gasteiger partial charge in [-0.15, -0.1) is 0 Å². The van der Waals surface area contributed by atoms with E-state index in [0.717, 1.165) is 11.1 Å². The van der Waals surface area contributed by atoms with Crippen LogP contribution in [0.3, 0.4) is 0 Å². The maximum absolute atomic E-state index is 12.9. The van der Waals surface area contributed by atoms with E-state index in [1.165, 1.54) is 0 Å². The smallest absolute Gasteiger partial charge is 0.187 e. The molecule has 2 unspecified atom stereocenters. The number of carbonyl (C=O) groups excluding carboxylic acids is 4. The Labute approximate surface area is 315 Å². The van der Waals surface area contributed by atoms with Crippen molar-refractivity contribution in [2.75, 3.05) is 41.8 Å². The molecule has 0 fully saturated rings. The molecule has 54 heavy (non-hydrogen) atoms. The first-order valence-electron chi connectivity index (χ1n) is 17.6. The Morgan fingerprint density at radius 1 is 0.556 bits per heavy atom. The summed E-state index contributed by atoms with van der Waals surface area (Å²) in [6, 6.07) is 34.5. The summed E-state index contributed by atoms with van der Waals surface area (Å²) in [5.41, 5.74) is 34.7. The number of benzene rings is 5. The van der Waals surface area contributed by atoms with Gasteiger partial charge in [0.2, 0.25) is 0 Å². The second kappa shape index (κ2) is 20.0. The Hall–Kier alpha value is -6.46. The number of nitrogens with two attached hydrogens (primary N) is 5. The van der Waals surface area contributed by atoms with Gasteiger partial charge in [0, 0.05) is 51.9 Å². The number of nitrogen functional groups attached to an aromatic ring is 5. The lowest BCUT2D eigenvalue weighted by atomic mass is 9.90. The predicted octanol–water partition coefficient (Wildman–Crippen LogP) is 5.73. The fourth-order valence-electron chi connectivity index (χ4n) is 5.50. The molecule has 2 atom stereocenters. The Balaban J connectivity index is 0.000000252. The number of anilines is 5. The van der Waals surface area contributed by atoms with Crippen molar-refractivity contribution in [3.05, 3.63) is 144 Å². The third-order valence-electron chi connectivity index (χ3n) is 8.80. The largest absolute Gasteiger partial charge is 0.486 e. The van der Waals surface area contributed by atoms with Gasteiger partial charge < -0.3 is 33.4 Å².